The monoisotopic (exact) mass is 589 g/mol. The lowest BCUT2D eigenvalue weighted by Gasteiger charge is -2.34. The Bertz CT molecular complexity index is 1480. The maximum absolute atomic E-state index is 13.2. The first kappa shape index (κ1) is 30.8. The van der Waals surface area contributed by atoms with Gasteiger partial charge >= 0.3 is 6.09 Å². The quantitative estimate of drug-likeness (QED) is 0.169. The second-order valence-electron chi connectivity index (χ2n) is 11.0. The van der Waals surface area contributed by atoms with Gasteiger partial charge in [-0.2, -0.15) is 0 Å². The Balaban J connectivity index is 1.47. The van der Waals surface area contributed by atoms with Crippen LogP contribution in [0.5, 0.6) is 0 Å². The third-order valence-electron chi connectivity index (χ3n) is 6.64. The van der Waals surface area contributed by atoms with Gasteiger partial charge in [0.05, 0.1) is 30.9 Å². The molecular weight excluding hydrogens is 554 g/mol. The molecule has 8 nitrogen and oxygen atoms in total. The summed E-state index contributed by atoms with van der Waals surface area (Å²) < 4.78 is 5.61. The maximum Gasteiger partial charge on any atom is 0.410 e. The molecule has 0 aliphatic carbocycles. The van der Waals surface area contributed by atoms with Crippen LogP contribution < -0.4 is 5.32 Å². The topological polar surface area (TPSA) is 115 Å². The minimum atomic E-state index is -1.04. The highest BCUT2D eigenvalue weighted by molar-refractivity contribution is 6.30. The lowest BCUT2D eigenvalue weighted by atomic mass is 10.0. The van der Waals surface area contributed by atoms with Crippen molar-refractivity contribution in [1.29, 1.82) is 0 Å². The summed E-state index contributed by atoms with van der Waals surface area (Å²) in [5, 5.41) is 24.6. The summed E-state index contributed by atoms with van der Waals surface area (Å²) >= 11 is 6.10. The lowest BCUT2D eigenvalue weighted by Crippen LogP contribution is -2.48. The molecule has 42 heavy (non-hydrogen) atoms. The van der Waals surface area contributed by atoms with Gasteiger partial charge in [0, 0.05) is 28.7 Å². The number of nitrogens with zero attached hydrogens (tertiary/aromatic N) is 1. The number of hydrogen-bond acceptors (Lipinski definition) is 5. The normalized spacial score (nSPS) is 12.8. The van der Waals surface area contributed by atoms with Crippen LogP contribution in [0.4, 0.5) is 10.5 Å². The van der Waals surface area contributed by atoms with Crippen molar-refractivity contribution in [2.45, 2.75) is 44.9 Å². The van der Waals surface area contributed by atoms with Crippen molar-refractivity contribution in [3.63, 3.8) is 0 Å². The number of halogens is 1. The highest BCUT2D eigenvalue weighted by atomic mass is 35.5. The number of aliphatic hydroxyl groups excluding tert-OH is 2. The molecule has 3 aromatic carbocycles. The standard InChI is InChI=1S/C33H36ClN3O5/c1-33(2,3)42-32(41)37(20-30(39)24-10-7-11-25(34)17-24)27(21-38)16-22-12-14-26(15-13-22)36-31(40)29-19-35-18-28(29)23-8-5-4-6-9-23/h4-15,17-19,27,30,35,38-39H,16,20-21H2,1-3H3,(H,36,40)/t27-,30+/m0/s1. The largest absolute Gasteiger partial charge is 0.444 e. The van der Waals surface area contributed by atoms with Crippen molar-refractivity contribution in [3.05, 3.63) is 113 Å². The zero-order chi connectivity index (χ0) is 30.3. The second kappa shape index (κ2) is 13.7. The summed E-state index contributed by atoms with van der Waals surface area (Å²) in [6, 6.07) is 23.0. The Kier molecular flexibility index (Phi) is 10.1. The third-order valence-corrected chi connectivity index (χ3v) is 6.88. The van der Waals surface area contributed by atoms with Crippen LogP contribution in [-0.2, 0) is 11.2 Å². The number of aliphatic hydroxyl groups is 2. The number of H-pyrrole nitrogens is 1. The predicted molar refractivity (Wildman–Crippen MR) is 165 cm³/mol. The van der Waals surface area contributed by atoms with E-state index in [1.165, 1.54) is 4.90 Å². The fourth-order valence-electron chi connectivity index (χ4n) is 4.58. The molecule has 1 heterocycles. The van der Waals surface area contributed by atoms with Crippen molar-refractivity contribution >= 4 is 29.3 Å². The van der Waals surface area contributed by atoms with E-state index < -0.39 is 23.8 Å². The maximum atomic E-state index is 13.2. The van der Waals surface area contributed by atoms with E-state index >= 15 is 0 Å². The average Bonchev–Trinajstić information content (AvgIpc) is 3.45. The lowest BCUT2D eigenvalue weighted by molar-refractivity contribution is -0.00373. The molecule has 0 saturated carbocycles. The van der Waals surface area contributed by atoms with E-state index in [0.29, 0.717) is 28.3 Å². The highest BCUT2D eigenvalue weighted by Crippen LogP contribution is 2.25. The minimum absolute atomic E-state index is 0.102. The number of aromatic nitrogens is 1. The number of amides is 2. The average molecular weight is 590 g/mol. The minimum Gasteiger partial charge on any atom is -0.444 e. The molecule has 0 radical (unpaired) electrons. The number of rotatable bonds is 10. The van der Waals surface area contributed by atoms with Gasteiger partial charge in [0.15, 0.2) is 0 Å². The fourth-order valence-corrected chi connectivity index (χ4v) is 4.77. The van der Waals surface area contributed by atoms with Gasteiger partial charge < -0.3 is 25.3 Å². The van der Waals surface area contributed by atoms with Crippen LogP contribution in [0.1, 0.15) is 48.4 Å². The summed E-state index contributed by atoms with van der Waals surface area (Å²) in [6.07, 6.45) is 2.06. The predicted octanol–water partition coefficient (Wildman–Crippen LogP) is 6.46. The molecule has 0 aliphatic rings. The van der Waals surface area contributed by atoms with E-state index in [2.05, 4.69) is 10.3 Å². The SMILES string of the molecule is CC(C)(C)OC(=O)N(C[C@@H](O)c1cccc(Cl)c1)[C@H](CO)Cc1ccc(NC(=O)c2c[nH]cc2-c2ccccc2)cc1. The molecule has 9 heteroatoms. The molecule has 1 aromatic heterocycles. The molecule has 0 spiro atoms. The summed E-state index contributed by atoms with van der Waals surface area (Å²) in [5.41, 5.74) is 3.47. The molecule has 2 atom stereocenters. The smallest absolute Gasteiger partial charge is 0.410 e. The van der Waals surface area contributed by atoms with E-state index in [1.807, 2.05) is 42.5 Å². The number of anilines is 1. The molecule has 4 N–H and O–H groups in total. The number of carbonyl (C=O) groups is 2. The molecule has 4 rings (SSSR count). The first-order valence-electron chi connectivity index (χ1n) is 13.7. The number of nitrogens with one attached hydrogen (secondary N) is 2. The molecule has 0 unspecified atom stereocenters. The van der Waals surface area contributed by atoms with Crippen LogP contribution in [0.15, 0.2) is 91.3 Å². The highest BCUT2D eigenvalue weighted by Gasteiger charge is 2.30. The zero-order valence-electron chi connectivity index (χ0n) is 23.9. The Morgan fingerprint density at radius 1 is 1.00 bits per heavy atom. The van der Waals surface area contributed by atoms with Gasteiger partial charge in [-0.25, -0.2) is 4.79 Å². The molecule has 0 saturated heterocycles. The van der Waals surface area contributed by atoms with Crippen LogP contribution in [-0.4, -0.2) is 56.9 Å². The Morgan fingerprint density at radius 3 is 2.36 bits per heavy atom. The molecular formula is C33H36ClN3O5. The van der Waals surface area contributed by atoms with Gasteiger partial charge in [0.1, 0.15) is 5.60 Å². The first-order valence-corrected chi connectivity index (χ1v) is 14.1. The molecule has 2 amide bonds. The number of hydrogen-bond donors (Lipinski definition) is 4. The van der Waals surface area contributed by atoms with Crippen molar-refractivity contribution in [3.8, 4) is 11.1 Å². The van der Waals surface area contributed by atoms with E-state index in [1.54, 1.807) is 69.6 Å². The van der Waals surface area contributed by atoms with Gasteiger partial charge in [-0.1, -0.05) is 66.2 Å². The third kappa shape index (κ3) is 8.22. The van der Waals surface area contributed by atoms with Gasteiger partial charge in [-0.3, -0.25) is 9.69 Å². The summed E-state index contributed by atoms with van der Waals surface area (Å²) in [6.45, 7) is 4.82. The summed E-state index contributed by atoms with van der Waals surface area (Å²) in [7, 11) is 0. The van der Waals surface area contributed by atoms with E-state index in [4.69, 9.17) is 16.3 Å². The van der Waals surface area contributed by atoms with E-state index in [9.17, 15) is 19.8 Å². The van der Waals surface area contributed by atoms with Crippen LogP contribution in [0.3, 0.4) is 0 Å². The molecule has 220 valence electrons. The Hall–Kier alpha value is -4.11. The number of aromatic amines is 1. The van der Waals surface area contributed by atoms with E-state index in [-0.39, 0.29) is 19.1 Å². The van der Waals surface area contributed by atoms with Crippen LogP contribution in [0.25, 0.3) is 11.1 Å². The van der Waals surface area contributed by atoms with Crippen molar-refractivity contribution in [2.24, 2.45) is 0 Å². The Morgan fingerprint density at radius 2 is 1.71 bits per heavy atom. The first-order chi connectivity index (χ1) is 20.0. The van der Waals surface area contributed by atoms with Crippen molar-refractivity contribution < 1.29 is 24.5 Å². The van der Waals surface area contributed by atoms with Gasteiger partial charge in [-0.05, 0) is 68.1 Å². The van der Waals surface area contributed by atoms with Crippen LogP contribution in [0.2, 0.25) is 5.02 Å². The second-order valence-corrected chi connectivity index (χ2v) is 11.5. The number of carbonyl (C=O) groups excluding carboxylic acids is 2. The van der Waals surface area contributed by atoms with Crippen molar-refractivity contribution in [2.75, 3.05) is 18.5 Å². The molecule has 4 aromatic rings. The Labute approximate surface area is 250 Å². The number of ether oxygens (including phenoxy) is 1. The molecule has 0 bridgehead atoms. The summed E-state index contributed by atoms with van der Waals surface area (Å²) in [5.74, 6) is -0.248. The zero-order valence-corrected chi connectivity index (χ0v) is 24.6. The molecule has 0 aliphatic heterocycles. The van der Waals surface area contributed by atoms with Crippen LogP contribution >= 0.6 is 11.6 Å². The van der Waals surface area contributed by atoms with Gasteiger partial charge in [0.25, 0.3) is 5.91 Å². The summed E-state index contributed by atoms with van der Waals surface area (Å²) in [4.78, 5) is 30.6. The fraction of sp³-hybridized carbons (Fsp3) is 0.273. The molecule has 0 fully saturated rings. The van der Waals surface area contributed by atoms with Crippen molar-refractivity contribution in [1.82, 2.24) is 9.88 Å². The number of benzene rings is 3. The van der Waals surface area contributed by atoms with E-state index in [0.717, 1.165) is 16.7 Å². The van der Waals surface area contributed by atoms with Gasteiger partial charge in [-0.15, -0.1) is 0 Å². The van der Waals surface area contributed by atoms with Crippen LogP contribution in [0, 0.1) is 0 Å². The van der Waals surface area contributed by atoms with Gasteiger partial charge in [0.2, 0.25) is 0 Å².